The number of amides is 1. The maximum atomic E-state index is 13.9. The molecule has 3 aliphatic carbocycles. The predicted molar refractivity (Wildman–Crippen MR) is 133 cm³/mol. The van der Waals surface area contributed by atoms with Crippen molar-refractivity contribution in [2.24, 2.45) is 29.4 Å². The number of aliphatic hydroxyl groups is 1. The first-order valence-corrected chi connectivity index (χ1v) is 12.6. The SMILES string of the molecule is Cc1ccc(CC(=O)O[C@H]2[C@H]3C(C(=O)c4c(O)cccc4[C@@H]3C)C(=O)[C@]3(O)C(=O)C(C(N)=O)C(=O)C[C@H]23)cc1. The first-order valence-electron chi connectivity index (χ1n) is 12.6. The number of hydrogen-bond acceptors (Lipinski definition) is 9. The van der Waals surface area contributed by atoms with E-state index in [1.807, 2.05) is 19.1 Å². The van der Waals surface area contributed by atoms with Crippen molar-refractivity contribution >= 4 is 35.0 Å². The Kier molecular flexibility index (Phi) is 6.26. The lowest BCUT2D eigenvalue weighted by molar-refractivity contribution is -0.198. The molecule has 0 saturated heterocycles. The van der Waals surface area contributed by atoms with E-state index in [4.69, 9.17) is 10.5 Å². The predicted octanol–water partition coefficient (Wildman–Crippen LogP) is 0.961. The monoisotopic (exact) mass is 533 g/mol. The number of benzene rings is 2. The zero-order valence-corrected chi connectivity index (χ0v) is 21.2. The molecule has 0 aromatic heterocycles. The third-order valence-corrected chi connectivity index (χ3v) is 8.43. The topological polar surface area (TPSA) is 178 Å². The number of ketones is 4. The summed E-state index contributed by atoms with van der Waals surface area (Å²) in [6, 6.07) is 11.5. The molecule has 0 aliphatic heterocycles. The highest BCUT2D eigenvalue weighted by atomic mass is 16.5. The molecule has 0 bridgehead atoms. The number of primary amides is 1. The van der Waals surface area contributed by atoms with Gasteiger partial charge in [0.05, 0.1) is 17.9 Å². The molecule has 10 heteroatoms. The van der Waals surface area contributed by atoms with E-state index in [2.05, 4.69) is 0 Å². The van der Waals surface area contributed by atoms with Gasteiger partial charge in [-0.05, 0) is 30.0 Å². The van der Waals surface area contributed by atoms with Crippen LogP contribution in [-0.4, -0.2) is 56.9 Å². The Morgan fingerprint density at radius 3 is 2.36 bits per heavy atom. The van der Waals surface area contributed by atoms with Crippen LogP contribution in [0.4, 0.5) is 0 Å². The van der Waals surface area contributed by atoms with Crippen molar-refractivity contribution in [3.63, 3.8) is 0 Å². The number of ether oxygens (including phenoxy) is 1. The number of aromatic hydroxyl groups is 1. The van der Waals surface area contributed by atoms with Crippen LogP contribution in [0.2, 0.25) is 0 Å². The van der Waals surface area contributed by atoms with Gasteiger partial charge in [0.1, 0.15) is 11.9 Å². The number of fused-ring (bicyclic) bond motifs is 3. The number of Topliss-reactive ketones (excluding diaryl/α,β-unsaturated/α-hetero) is 4. The molecule has 2 fully saturated rings. The Balaban J connectivity index is 1.63. The summed E-state index contributed by atoms with van der Waals surface area (Å²) in [6.45, 7) is 3.56. The van der Waals surface area contributed by atoms with Crippen molar-refractivity contribution in [1.29, 1.82) is 0 Å². The van der Waals surface area contributed by atoms with E-state index in [0.29, 0.717) is 11.1 Å². The van der Waals surface area contributed by atoms with Crippen LogP contribution in [0.3, 0.4) is 0 Å². The average Bonchev–Trinajstić information content (AvgIpc) is 2.87. The Morgan fingerprint density at radius 1 is 1.05 bits per heavy atom. The van der Waals surface area contributed by atoms with Crippen LogP contribution in [0.25, 0.3) is 0 Å². The highest BCUT2D eigenvalue weighted by Gasteiger charge is 2.71. The molecule has 0 spiro atoms. The third-order valence-electron chi connectivity index (χ3n) is 8.43. The summed E-state index contributed by atoms with van der Waals surface area (Å²) < 4.78 is 5.85. The number of nitrogens with two attached hydrogens (primary N) is 1. The summed E-state index contributed by atoms with van der Waals surface area (Å²) in [6.07, 6.45) is -2.23. The molecule has 2 aromatic carbocycles. The van der Waals surface area contributed by atoms with E-state index in [1.54, 1.807) is 25.1 Å². The second-order valence-corrected chi connectivity index (χ2v) is 10.7. The summed E-state index contributed by atoms with van der Waals surface area (Å²) in [5.41, 5.74) is 4.17. The normalized spacial score (nSPS) is 31.7. The van der Waals surface area contributed by atoms with Gasteiger partial charge in [-0.2, -0.15) is 0 Å². The van der Waals surface area contributed by atoms with Crippen molar-refractivity contribution in [2.45, 2.75) is 44.3 Å². The van der Waals surface area contributed by atoms with Crippen molar-refractivity contribution < 1.29 is 43.7 Å². The fraction of sp³-hybridized carbons (Fsp3) is 0.379. The largest absolute Gasteiger partial charge is 0.507 e. The van der Waals surface area contributed by atoms with Crippen LogP contribution in [0.15, 0.2) is 42.5 Å². The maximum absolute atomic E-state index is 13.9. The molecule has 7 atom stereocenters. The van der Waals surface area contributed by atoms with Crippen LogP contribution in [0.5, 0.6) is 5.75 Å². The molecule has 1 amide bonds. The lowest BCUT2D eigenvalue weighted by Crippen LogP contribution is -2.73. The van der Waals surface area contributed by atoms with Gasteiger partial charge in [0.25, 0.3) is 0 Å². The van der Waals surface area contributed by atoms with Gasteiger partial charge in [-0.3, -0.25) is 28.8 Å². The van der Waals surface area contributed by atoms with E-state index in [-0.39, 0.29) is 17.7 Å². The summed E-state index contributed by atoms with van der Waals surface area (Å²) in [5, 5.41) is 22.1. The van der Waals surface area contributed by atoms with Crippen LogP contribution >= 0.6 is 0 Å². The second-order valence-electron chi connectivity index (χ2n) is 10.7. The van der Waals surface area contributed by atoms with E-state index >= 15 is 0 Å². The Hall–Kier alpha value is -4.18. The number of aryl methyl sites for hydroxylation is 1. The third kappa shape index (κ3) is 3.89. The molecule has 5 rings (SSSR count). The van der Waals surface area contributed by atoms with Gasteiger partial charge in [0, 0.05) is 18.3 Å². The molecule has 2 unspecified atom stereocenters. The quantitative estimate of drug-likeness (QED) is 0.381. The van der Waals surface area contributed by atoms with E-state index < -0.39 is 82.7 Å². The van der Waals surface area contributed by atoms with Gasteiger partial charge >= 0.3 is 5.97 Å². The zero-order chi connectivity index (χ0) is 28.4. The average molecular weight is 534 g/mol. The molecule has 0 radical (unpaired) electrons. The van der Waals surface area contributed by atoms with Gasteiger partial charge < -0.3 is 20.7 Å². The van der Waals surface area contributed by atoms with Crippen LogP contribution in [0, 0.1) is 30.6 Å². The number of phenols is 1. The fourth-order valence-corrected chi connectivity index (χ4v) is 6.51. The molecule has 0 heterocycles. The minimum atomic E-state index is -2.97. The van der Waals surface area contributed by atoms with E-state index in [0.717, 1.165) is 5.56 Å². The summed E-state index contributed by atoms with van der Waals surface area (Å²) in [5.74, 6) is -13.8. The van der Waals surface area contributed by atoms with Crippen molar-refractivity contribution in [3.8, 4) is 5.75 Å². The first kappa shape index (κ1) is 26.4. The number of carbonyl (C=O) groups is 6. The standard InChI is InChI=1S/C29H27NO9/c1-12-6-8-14(9-7-12)10-19(33)39-25-16-11-18(32)22(28(30)37)26(35)29(16,38)27(36)23-20(25)13(2)15-4-3-5-17(31)21(15)24(23)34/h3-9,13,16,20,22-23,25,31,38H,10-11H2,1-2H3,(H2,30,37)/t13-,16+,20+,22?,23?,25+,29+/m0/s1. The number of phenolic OH excluding ortho intramolecular Hbond substituents is 1. The van der Waals surface area contributed by atoms with Crippen LogP contribution in [0.1, 0.15) is 46.3 Å². The molecule has 2 aromatic rings. The van der Waals surface area contributed by atoms with Gasteiger partial charge in [0.2, 0.25) is 5.91 Å². The second kappa shape index (κ2) is 9.23. The molecule has 4 N–H and O–H groups in total. The minimum Gasteiger partial charge on any atom is -0.507 e. The van der Waals surface area contributed by atoms with Crippen molar-refractivity contribution in [1.82, 2.24) is 0 Å². The molecule has 10 nitrogen and oxygen atoms in total. The van der Waals surface area contributed by atoms with Crippen LogP contribution in [-0.2, 0) is 35.1 Å². The summed E-state index contributed by atoms with van der Waals surface area (Å²) in [4.78, 5) is 78.9. The van der Waals surface area contributed by atoms with Gasteiger partial charge in [0.15, 0.2) is 34.7 Å². The Labute approximate surface area is 223 Å². The molecule has 2 saturated carbocycles. The maximum Gasteiger partial charge on any atom is 0.310 e. The highest BCUT2D eigenvalue weighted by molar-refractivity contribution is 6.31. The number of carbonyl (C=O) groups excluding carboxylic acids is 6. The molecule has 3 aliphatic rings. The van der Waals surface area contributed by atoms with E-state index in [9.17, 15) is 39.0 Å². The lowest BCUT2D eigenvalue weighted by atomic mass is 9.50. The van der Waals surface area contributed by atoms with Gasteiger partial charge in [-0.25, -0.2) is 0 Å². The summed E-state index contributed by atoms with van der Waals surface area (Å²) >= 11 is 0. The van der Waals surface area contributed by atoms with Crippen molar-refractivity contribution in [3.05, 3.63) is 64.7 Å². The highest BCUT2D eigenvalue weighted by Crippen LogP contribution is 2.54. The summed E-state index contributed by atoms with van der Waals surface area (Å²) in [7, 11) is 0. The Morgan fingerprint density at radius 2 is 1.72 bits per heavy atom. The zero-order valence-electron chi connectivity index (χ0n) is 21.2. The Bertz CT molecular complexity index is 1450. The lowest BCUT2D eigenvalue weighted by Gasteiger charge is -2.53. The van der Waals surface area contributed by atoms with Crippen molar-refractivity contribution in [2.75, 3.05) is 0 Å². The van der Waals surface area contributed by atoms with Gasteiger partial charge in [-0.15, -0.1) is 0 Å². The molecule has 202 valence electrons. The smallest absolute Gasteiger partial charge is 0.310 e. The molecular formula is C29H27NO9. The van der Waals surface area contributed by atoms with Gasteiger partial charge in [-0.1, -0.05) is 48.9 Å². The molecular weight excluding hydrogens is 506 g/mol. The minimum absolute atomic E-state index is 0.128. The van der Waals surface area contributed by atoms with Crippen LogP contribution < -0.4 is 5.73 Å². The fourth-order valence-electron chi connectivity index (χ4n) is 6.51. The number of rotatable bonds is 4. The first-order chi connectivity index (χ1) is 18.4. The molecule has 39 heavy (non-hydrogen) atoms. The number of hydrogen-bond donors (Lipinski definition) is 3. The van der Waals surface area contributed by atoms with E-state index in [1.165, 1.54) is 12.1 Å². The number of esters is 1.